The topological polar surface area (TPSA) is 26.3 Å². The molecule has 0 saturated heterocycles. The van der Waals surface area contributed by atoms with Gasteiger partial charge in [-0.05, 0) is 22.0 Å². The maximum absolute atomic E-state index is 9.77. The first-order chi connectivity index (χ1) is 5.33. The molecule has 0 bridgehead atoms. The van der Waals surface area contributed by atoms with Crippen LogP contribution in [0.5, 0.6) is 0 Å². The molecule has 60 valence electrons. The molecule has 0 aliphatic carbocycles. The Labute approximate surface area is 77.3 Å². The van der Waals surface area contributed by atoms with Gasteiger partial charge < -0.3 is 4.74 Å². The van der Waals surface area contributed by atoms with Gasteiger partial charge in [0.05, 0.1) is 6.61 Å². The van der Waals surface area contributed by atoms with Crippen molar-refractivity contribution < 1.29 is 9.53 Å². The number of halogens is 1. The lowest BCUT2D eigenvalue weighted by Crippen LogP contribution is -1.93. The van der Waals surface area contributed by atoms with E-state index in [1.165, 1.54) is 4.88 Å². The summed E-state index contributed by atoms with van der Waals surface area (Å²) in [4.78, 5) is 11.0. The average molecular weight is 235 g/mol. The van der Waals surface area contributed by atoms with Crippen LogP contribution < -0.4 is 0 Å². The van der Waals surface area contributed by atoms with Crippen LogP contribution in [0.3, 0.4) is 0 Å². The van der Waals surface area contributed by atoms with Crippen LogP contribution in [-0.2, 0) is 16.0 Å². The SMILES string of the molecule is O=COCCc1cc(Br)cs1. The van der Waals surface area contributed by atoms with Crippen LogP contribution in [-0.4, -0.2) is 13.1 Å². The summed E-state index contributed by atoms with van der Waals surface area (Å²) >= 11 is 5.00. The van der Waals surface area contributed by atoms with Gasteiger partial charge in [0.2, 0.25) is 0 Å². The third-order valence-corrected chi connectivity index (χ3v) is 2.91. The lowest BCUT2D eigenvalue weighted by Gasteiger charge is -1.93. The summed E-state index contributed by atoms with van der Waals surface area (Å²) < 4.78 is 5.64. The molecule has 1 aromatic rings. The van der Waals surface area contributed by atoms with E-state index in [4.69, 9.17) is 0 Å². The first-order valence-corrected chi connectivity index (χ1v) is 4.78. The molecule has 0 aromatic carbocycles. The fraction of sp³-hybridized carbons (Fsp3) is 0.286. The maximum Gasteiger partial charge on any atom is 0.293 e. The first-order valence-electron chi connectivity index (χ1n) is 3.11. The highest BCUT2D eigenvalue weighted by atomic mass is 79.9. The number of ether oxygens (including phenoxy) is 1. The number of hydrogen-bond donors (Lipinski definition) is 0. The first kappa shape index (κ1) is 8.74. The van der Waals surface area contributed by atoms with Crippen molar-refractivity contribution >= 4 is 33.7 Å². The van der Waals surface area contributed by atoms with Gasteiger partial charge in [-0.25, -0.2) is 0 Å². The third kappa shape index (κ3) is 3.03. The summed E-state index contributed by atoms with van der Waals surface area (Å²) in [5.74, 6) is 0. The molecule has 0 aliphatic heterocycles. The van der Waals surface area contributed by atoms with Crippen molar-refractivity contribution in [3.8, 4) is 0 Å². The standard InChI is InChI=1S/C7H7BrO2S/c8-6-3-7(11-4-6)1-2-10-5-9/h3-5H,1-2H2. The van der Waals surface area contributed by atoms with Crippen molar-refractivity contribution in [3.05, 3.63) is 20.8 Å². The molecule has 1 heterocycles. The van der Waals surface area contributed by atoms with Crippen molar-refractivity contribution in [1.29, 1.82) is 0 Å². The minimum Gasteiger partial charge on any atom is -0.468 e. The van der Waals surface area contributed by atoms with Crippen LogP contribution in [0.2, 0.25) is 0 Å². The summed E-state index contributed by atoms with van der Waals surface area (Å²) in [5.41, 5.74) is 0. The number of carbonyl (C=O) groups is 1. The largest absolute Gasteiger partial charge is 0.468 e. The number of thiophene rings is 1. The Morgan fingerprint density at radius 1 is 1.73 bits per heavy atom. The van der Waals surface area contributed by atoms with Crippen molar-refractivity contribution in [1.82, 2.24) is 0 Å². The van der Waals surface area contributed by atoms with Gasteiger partial charge in [0, 0.05) is 21.2 Å². The summed E-state index contributed by atoms with van der Waals surface area (Å²) in [6.45, 7) is 0.944. The minimum absolute atomic E-state index is 0.469. The Bertz CT molecular complexity index is 234. The monoisotopic (exact) mass is 234 g/mol. The van der Waals surface area contributed by atoms with Crippen molar-refractivity contribution in [3.63, 3.8) is 0 Å². The Morgan fingerprint density at radius 2 is 2.55 bits per heavy atom. The van der Waals surface area contributed by atoms with E-state index in [0.717, 1.165) is 10.9 Å². The van der Waals surface area contributed by atoms with Gasteiger partial charge in [-0.1, -0.05) is 0 Å². The summed E-state index contributed by atoms with van der Waals surface area (Å²) in [5, 5.41) is 2.01. The second-order valence-corrected chi connectivity index (χ2v) is 3.86. The molecular weight excluding hydrogens is 228 g/mol. The number of rotatable bonds is 4. The molecule has 0 unspecified atom stereocenters. The molecule has 0 saturated carbocycles. The highest BCUT2D eigenvalue weighted by Crippen LogP contribution is 2.19. The van der Waals surface area contributed by atoms with E-state index in [1.807, 2.05) is 11.4 Å². The van der Waals surface area contributed by atoms with Gasteiger partial charge >= 0.3 is 0 Å². The van der Waals surface area contributed by atoms with E-state index in [1.54, 1.807) is 11.3 Å². The fourth-order valence-corrected chi connectivity index (χ4v) is 2.13. The molecule has 0 spiro atoms. The quantitative estimate of drug-likeness (QED) is 0.590. The van der Waals surface area contributed by atoms with Crippen molar-refractivity contribution in [2.75, 3.05) is 6.61 Å². The highest BCUT2D eigenvalue weighted by molar-refractivity contribution is 9.10. The van der Waals surface area contributed by atoms with Crippen molar-refractivity contribution in [2.45, 2.75) is 6.42 Å². The molecule has 1 aromatic heterocycles. The zero-order valence-corrected chi connectivity index (χ0v) is 8.15. The van der Waals surface area contributed by atoms with Crippen LogP contribution in [0.15, 0.2) is 15.9 Å². The van der Waals surface area contributed by atoms with Crippen LogP contribution >= 0.6 is 27.3 Å². The van der Waals surface area contributed by atoms with E-state index in [-0.39, 0.29) is 0 Å². The molecule has 11 heavy (non-hydrogen) atoms. The van der Waals surface area contributed by atoms with Gasteiger partial charge in [0.15, 0.2) is 0 Å². The van der Waals surface area contributed by atoms with Gasteiger partial charge in [0.25, 0.3) is 6.47 Å². The van der Waals surface area contributed by atoms with E-state index in [2.05, 4.69) is 20.7 Å². The van der Waals surface area contributed by atoms with Crippen LogP contribution in [0, 0.1) is 0 Å². The normalized spacial score (nSPS) is 9.55. The predicted molar refractivity (Wildman–Crippen MR) is 47.7 cm³/mol. The molecule has 0 atom stereocenters. The molecule has 4 heteroatoms. The Morgan fingerprint density at radius 3 is 3.09 bits per heavy atom. The Kier molecular flexibility index (Phi) is 3.59. The summed E-state index contributed by atoms with van der Waals surface area (Å²) in [6, 6.07) is 2.03. The van der Waals surface area contributed by atoms with Crippen LogP contribution in [0.25, 0.3) is 0 Å². The maximum atomic E-state index is 9.77. The highest BCUT2D eigenvalue weighted by Gasteiger charge is 1.96. The molecular formula is C7H7BrO2S. The molecule has 0 amide bonds. The zero-order valence-electron chi connectivity index (χ0n) is 5.75. The minimum atomic E-state index is 0.469. The number of carbonyl (C=O) groups excluding carboxylic acids is 1. The van der Waals surface area contributed by atoms with E-state index >= 15 is 0 Å². The number of hydrogen-bond acceptors (Lipinski definition) is 3. The summed E-state index contributed by atoms with van der Waals surface area (Å²) in [6.07, 6.45) is 0.801. The van der Waals surface area contributed by atoms with E-state index < -0.39 is 0 Å². The van der Waals surface area contributed by atoms with Gasteiger partial charge in [-0.15, -0.1) is 11.3 Å². The molecule has 2 nitrogen and oxygen atoms in total. The second-order valence-electron chi connectivity index (χ2n) is 1.95. The molecule has 0 N–H and O–H groups in total. The van der Waals surface area contributed by atoms with E-state index in [0.29, 0.717) is 13.1 Å². The zero-order chi connectivity index (χ0) is 8.10. The molecule has 1 rings (SSSR count). The smallest absolute Gasteiger partial charge is 0.293 e. The predicted octanol–water partition coefficient (Wildman–Crippen LogP) is 2.23. The second kappa shape index (κ2) is 4.51. The van der Waals surface area contributed by atoms with Crippen molar-refractivity contribution in [2.24, 2.45) is 0 Å². The summed E-state index contributed by atoms with van der Waals surface area (Å²) in [7, 11) is 0. The van der Waals surface area contributed by atoms with E-state index in [9.17, 15) is 4.79 Å². The lowest BCUT2D eigenvalue weighted by molar-refractivity contribution is -0.128. The average Bonchev–Trinajstić information content (AvgIpc) is 2.37. The third-order valence-electron chi connectivity index (χ3n) is 1.16. The Hall–Kier alpha value is -0.350. The van der Waals surface area contributed by atoms with Crippen LogP contribution in [0.4, 0.5) is 0 Å². The molecule has 0 aliphatic rings. The molecule has 0 radical (unpaired) electrons. The lowest BCUT2D eigenvalue weighted by atomic mass is 10.4. The van der Waals surface area contributed by atoms with Gasteiger partial charge in [0.1, 0.15) is 0 Å². The van der Waals surface area contributed by atoms with Crippen LogP contribution in [0.1, 0.15) is 4.88 Å². The van der Waals surface area contributed by atoms with Gasteiger partial charge in [-0.2, -0.15) is 0 Å². The fourth-order valence-electron chi connectivity index (χ4n) is 0.693. The van der Waals surface area contributed by atoms with Gasteiger partial charge in [-0.3, -0.25) is 4.79 Å². The Balaban J connectivity index is 2.32. The molecule has 0 fully saturated rings.